The number of sulfonamides is 1. The summed E-state index contributed by atoms with van der Waals surface area (Å²) in [5.41, 5.74) is 1.10. The van der Waals surface area contributed by atoms with E-state index in [1.807, 2.05) is 30.3 Å². The molecule has 144 valence electrons. The van der Waals surface area contributed by atoms with Crippen LogP contribution in [0, 0.1) is 5.82 Å². The van der Waals surface area contributed by atoms with E-state index in [1.54, 1.807) is 4.90 Å². The Morgan fingerprint density at radius 1 is 1.07 bits per heavy atom. The number of anilines is 1. The van der Waals surface area contributed by atoms with E-state index in [4.69, 9.17) is 11.6 Å². The molecule has 9 heteroatoms. The number of nitrogens with zero attached hydrogens (tertiary/aromatic N) is 2. The zero-order valence-corrected chi connectivity index (χ0v) is 16.0. The maximum Gasteiger partial charge on any atom is 0.241 e. The topological polar surface area (TPSA) is 69.7 Å². The number of para-hydroxylation sites is 1. The van der Waals surface area contributed by atoms with E-state index in [9.17, 15) is 17.6 Å². The number of hydrogen-bond donors (Lipinski definition) is 1. The van der Waals surface area contributed by atoms with E-state index in [2.05, 4.69) is 9.62 Å². The Kier molecular flexibility index (Phi) is 5.98. The maximum atomic E-state index is 13.2. The van der Waals surface area contributed by atoms with Crippen molar-refractivity contribution < 1.29 is 17.6 Å². The molecule has 0 atom stereocenters. The fourth-order valence-electron chi connectivity index (χ4n) is 2.85. The van der Waals surface area contributed by atoms with Crippen LogP contribution in [0.1, 0.15) is 0 Å². The second-order valence-electron chi connectivity index (χ2n) is 6.10. The van der Waals surface area contributed by atoms with Crippen molar-refractivity contribution in [2.75, 3.05) is 37.6 Å². The third-order valence-electron chi connectivity index (χ3n) is 4.37. The molecule has 0 saturated carbocycles. The first kappa shape index (κ1) is 19.6. The Hall–Kier alpha value is -2.16. The van der Waals surface area contributed by atoms with Gasteiger partial charge in [0.2, 0.25) is 15.9 Å². The highest BCUT2D eigenvalue weighted by atomic mass is 35.5. The number of halogens is 2. The summed E-state index contributed by atoms with van der Waals surface area (Å²) >= 11 is 5.62. The van der Waals surface area contributed by atoms with Crippen LogP contribution in [0.3, 0.4) is 0 Å². The lowest BCUT2D eigenvalue weighted by molar-refractivity contribution is -0.130. The molecule has 0 spiro atoms. The second kappa shape index (κ2) is 8.24. The molecule has 1 heterocycles. The molecule has 6 nitrogen and oxygen atoms in total. The van der Waals surface area contributed by atoms with Gasteiger partial charge in [-0.2, -0.15) is 0 Å². The number of carbonyl (C=O) groups excluding carboxylic acids is 1. The van der Waals surface area contributed by atoms with Crippen LogP contribution in [-0.4, -0.2) is 51.9 Å². The lowest BCUT2D eigenvalue weighted by Gasteiger charge is -2.36. The van der Waals surface area contributed by atoms with Crippen LogP contribution < -0.4 is 9.62 Å². The molecular weight excluding hydrogens is 393 g/mol. The molecule has 0 aliphatic carbocycles. The quantitative estimate of drug-likeness (QED) is 0.818. The summed E-state index contributed by atoms with van der Waals surface area (Å²) in [5.74, 6) is -1.01. The fourth-order valence-corrected chi connectivity index (χ4v) is 4.09. The Morgan fingerprint density at radius 3 is 2.37 bits per heavy atom. The summed E-state index contributed by atoms with van der Waals surface area (Å²) in [5, 5.41) is -0.291. The van der Waals surface area contributed by atoms with Crippen molar-refractivity contribution in [3.05, 3.63) is 59.4 Å². The molecule has 1 aliphatic rings. The third kappa shape index (κ3) is 4.77. The molecule has 2 aromatic rings. The first-order chi connectivity index (χ1) is 12.9. The average molecular weight is 412 g/mol. The van der Waals surface area contributed by atoms with Gasteiger partial charge in [-0.05, 0) is 30.3 Å². The molecule has 1 aliphatic heterocycles. The highest BCUT2D eigenvalue weighted by Gasteiger charge is 2.23. The Bertz CT molecular complexity index is 917. The van der Waals surface area contributed by atoms with Gasteiger partial charge in [0.1, 0.15) is 5.82 Å². The fraction of sp³-hybridized carbons (Fsp3) is 0.278. The van der Waals surface area contributed by atoms with Crippen molar-refractivity contribution in [1.82, 2.24) is 9.62 Å². The molecule has 1 saturated heterocycles. The minimum atomic E-state index is -3.95. The van der Waals surface area contributed by atoms with Gasteiger partial charge in [-0.25, -0.2) is 17.5 Å². The van der Waals surface area contributed by atoms with E-state index < -0.39 is 15.8 Å². The van der Waals surface area contributed by atoms with Gasteiger partial charge < -0.3 is 9.80 Å². The summed E-state index contributed by atoms with van der Waals surface area (Å²) in [6, 6.07) is 13.0. The standard InChI is InChI=1S/C18H19ClFN3O3S/c19-16-12-15(6-7-17(16)20)27(25,26)21-13-18(24)23-10-8-22(9-11-23)14-4-2-1-3-5-14/h1-7,12,21H,8-11,13H2. The molecule has 1 N–H and O–H groups in total. The first-order valence-corrected chi connectivity index (χ1v) is 10.3. The summed E-state index contributed by atoms with van der Waals surface area (Å²) in [6.45, 7) is 2.02. The Balaban J connectivity index is 1.54. The SMILES string of the molecule is O=C(CNS(=O)(=O)c1ccc(F)c(Cl)c1)N1CCN(c2ccccc2)CC1. The van der Waals surface area contributed by atoms with Gasteiger partial charge in [0.15, 0.2) is 0 Å². The van der Waals surface area contributed by atoms with Crippen LogP contribution in [0.25, 0.3) is 0 Å². The molecule has 1 fully saturated rings. The van der Waals surface area contributed by atoms with Crippen molar-refractivity contribution >= 4 is 33.2 Å². The van der Waals surface area contributed by atoms with E-state index in [-0.39, 0.29) is 22.4 Å². The van der Waals surface area contributed by atoms with E-state index in [0.717, 1.165) is 23.9 Å². The lowest BCUT2D eigenvalue weighted by atomic mass is 10.2. The number of benzene rings is 2. The van der Waals surface area contributed by atoms with Crippen molar-refractivity contribution in [3.8, 4) is 0 Å². The second-order valence-corrected chi connectivity index (χ2v) is 8.28. The zero-order chi connectivity index (χ0) is 19.4. The van der Waals surface area contributed by atoms with Gasteiger partial charge in [-0.1, -0.05) is 29.8 Å². The zero-order valence-electron chi connectivity index (χ0n) is 14.4. The molecule has 0 aromatic heterocycles. The van der Waals surface area contributed by atoms with Crippen LogP contribution in [-0.2, 0) is 14.8 Å². The summed E-state index contributed by atoms with van der Waals surface area (Å²) in [6.07, 6.45) is 0. The van der Waals surface area contributed by atoms with Crippen LogP contribution in [0.4, 0.5) is 10.1 Å². The van der Waals surface area contributed by atoms with Crippen LogP contribution >= 0.6 is 11.6 Å². The van der Waals surface area contributed by atoms with Crippen molar-refractivity contribution in [3.63, 3.8) is 0 Å². The number of carbonyl (C=O) groups is 1. The average Bonchev–Trinajstić information content (AvgIpc) is 2.69. The molecule has 27 heavy (non-hydrogen) atoms. The number of hydrogen-bond acceptors (Lipinski definition) is 4. The largest absolute Gasteiger partial charge is 0.368 e. The van der Waals surface area contributed by atoms with Crippen LogP contribution in [0.5, 0.6) is 0 Å². The molecule has 0 unspecified atom stereocenters. The maximum absolute atomic E-state index is 13.2. The predicted molar refractivity (Wildman–Crippen MR) is 102 cm³/mol. The molecule has 2 aromatic carbocycles. The molecule has 0 radical (unpaired) electrons. The van der Waals surface area contributed by atoms with Crippen molar-refractivity contribution in [2.45, 2.75) is 4.90 Å². The molecule has 0 bridgehead atoms. The predicted octanol–water partition coefficient (Wildman–Crippen LogP) is 2.11. The van der Waals surface area contributed by atoms with E-state index in [0.29, 0.717) is 26.2 Å². The normalized spacial score (nSPS) is 15.0. The Labute approximate surface area is 162 Å². The first-order valence-electron chi connectivity index (χ1n) is 8.39. The number of nitrogens with one attached hydrogen (secondary N) is 1. The van der Waals surface area contributed by atoms with Gasteiger partial charge in [0.25, 0.3) is 0 Å². The summed E-state index contributed by atoms with van der Waals surface area (Å²) in [7, 11) is -3.95. The van der Waals surface area contributed by atoms with Crippen molar-refractivity contribution in [1.29, 1.82) is 0 Å². The monoisotopic (exact) mass is 411 g/mol. The van der Waals surface area contributed by atoms with E-state index in [1.165, 1.54) is 0 Å². The lowest BCUT2D eigenvalue weighted by Crippen LogP contribution is -2.51. The van der Waals surface area contributed by atoms with E-state index >= 15 is 0 Å². The molecule has 1 amide bonds. The van der Waals surface area contributed by atoms with Gasteiger partial charge in [0.05, 0.1) is 16.5 Å². The van der Waals surface area contributed by atoms with Gasteiger partial charge in [0, 0.05) is 31.9 Å². The summed E-state index contributed by atoms with van der Waals surface area (Å²) < 4.78 is 39.9. The summed E-state index contributed by atoms with van der Waals surface area (Å²) in [4.78, 5) is 15.9. The van der Waals surface area contributed by atoms with Gasteiger partial charge in [-0.3, -0.25) is 4.79 Å². The smallest absolute Gasteiger partial charge is 0.241 e. The van der Waals surface area contributed by atoms with Crippen molar-refractivity contribution in [2.24, 2.45) is 0 Å². The highest BCUT2D eigenvalue weighted by molar-refractivity contribution is 7.89. The Morgan fingerprint density at radius 2 is 1.74 bits per heavy atom. The highest BCUT2D eigenvalue weighted by Crippen LogP contribution is 2.19. The van der Waals surface area contributed by atoms with Crippen LogP contribution in [0.2, 0.25) is 5.02 Å². The number of rotatable bonds is 5. The minimum absolute atomic E-state index is 0.185. The van der Waals surface area contributed by atoms with Gasteiger partial charge in [-0.15, -0.1) is 0 Å². The minimum Gasteiger partial charge on any atom is -0.368 e. The van der Waals surface area contributed by atoms with Crippen LogP contribution in [0.15, 0.2) is 53.4 Å². The molecule has 3 rings (SSSR count). The number of piperazine rings is 1. The van der Waals surface area contributed by atoms with Gasteiger partial charge >= 0.3 is 0 Å². The number of amides is 1. The molecular formula is C18H19ClFN3O3S. The third-order valence-corrected chi connectivity index (χ3v) is 6.06.